The maximum Gasteiger partial charge on any atom is 0.410 e. The molecule has 1 fully saturated rings. The van der Waals surface area contributed by atoms with Crippen LogP contribution >= 0.6 is 11.3 Å². The van der Waals surface area contributed by atoms with Crippen LogP contribution in [0.1, 0.15) is 51.4 Å². The van der Waals surface area contributed by atoms with E-state index in [4.69, 9.17) is 9.26 Å². The lowest BCUT2D eigenvalue weighted by Gasteiger charge is -2.34. The molecule has 0 atom stereocenters. The zero-order chi connectivity index (χ0) is 26.3. The third kappa shape index (κ3) is 5.08. The number of likely N-dealkylation sites (tertiary alicyclic amines) is 1. The first-order valence-electron chi connectivity index (χ1n) is 12.2. The first-order valence-corrected chi connectivity index (χ1v) is 13.0. The molecule has 5 rings (SSSR count). The van der Waals surface area contributed by atoms with Gasteiger partial charge in [0.15, 0.2) is 5.82 Å². The van der Waals surface area contributed by atoms with E-state index in [1.54, 1.807) is 16.4 Å². The molecule has 0 saturated carbocycles. The Labute approximate surface area is 217 Å². The van der Waals surface area contributed by atoms with Crippen LogP contribution in [-0.2, 0) is 11.3 Å². The zero-order valence-corrected chi connectivity index (χ0v) is 22.1. The monoisotopic (exact) mass is 523 g/mol. The van der Waals surface area contributed by atoms with Crippen molar-refractivity contribution in [1.82, 2.24) is 24.2 Å². The Morgan fingerprint density at radius 1 is 1.16 bits per heavy atom. The zero-order valence-electron chi connectivity index (χ0n) is 21.3. The Morgan fingerprint density at radius 3 is 2.49 bits per heavy atom. The van der Waals surface area contributed by atoms with E-state index in [-0.39, 0.29) is 24.2 Å². The molecule has 1 aliphatic heterocycles. The Morgan fingerprint density at radius 2 is 1.86 bits per heavy atom. The lowest BCUT2D eigenvalue weighted by molar-refractivity contribution is 0.0186. The summed E-state index contributed by atoms with van der Waals surface area (Å²) in [4.78, 5) is 46.8. The number of hydrogen-bond donors (Lipinski definition) is 0. The van der Waals surface area contributed by atoms with Gasteiger partial charge in [-0.2, -0.15) is 4.98 Å². The molecule has 0 unspecified atom stereocenters. The fourth-order valence-corrected chi connectivity index (χ4v) is 5.67. The number of rotatable bonds is 4. The number of nitrogens with zero attached hydrogens (tertiary/aromatic N) is 5. The molecule has 1 aliphatic rings. The van der Waals surface area contributed by atoms with Crippen LogP contribution in [0, 0.1) is 6.92 Å². The van der Waals surface area contributed by atoms with Crippen molar-refractivity contribution in [2.75, 3.05) is 13.1 Å². The van der Waals surface area contributed by atoms with Gasteiger partial charge in [-0.3, -0.25) is 13.9 Å². The number of carbonyl (C=O) groups excluding carboxylic acids is 1. The van der Waals surface area contributed by atoms with E-state index in [9.17, 15) is 14.4 Å². The fourth-order valence-electron chi connectivity index (χ4n) is 4.56. The molecule has 37 heavy (non-hydrogen) atoms. The minimum atomic E-state index is -0.590. The van der Waals surface area contributed by atoms with Crippen LogP contribution in [0.25, 0.3) is 20.7 Å². The number of amides is 1. The Bertz CT molecular complexity index is 1550. The SMILES string of the molecule is Cc1nc(Cn2c(=O)n(C3CCN(C(=O)OC(C)(C)C)CC3)c(=O)c3sc(-c4ccccc4)cc32)no1. The standard InChI is InChI=1S/C26H29N5O5S/c1-16-27-21(28-36-16)15-30-19-14-20(17-8-6-5-7-9-17)37-22(19)23(32)31(24(30)33)18-10-12-29(13-11-18)25(34)35-26(2,3)4/h5-9,14,18H,10-13,15H2,1-4H3. The molecule has 0 radical (unpaired) electrons. The van der Waals surface area contributed by atoms with Gasteiger partial charge < -0.3 is 14.2 Å². The molecule has 1 aromatic carbocycles. The summed E-state index contributed by atoms with van der Waals surface area (Å²) in [6.07, 6.45) is 0.556. The quantitative estimate of drug-likeness (QED) is 0.394. The molecule has 3 aromatic heterocycles. The van der Waals surface area contributed by atoms with Crippen LogP contribution in [-0.4, -0.2) is 49.0 Å². The summed E-state index contributed by atoms with van der Waals surface area (Å²) in [5, 5.41) is 3.96. The number of fused-ring (bicyclic) bond motifs is 1. The summed E-state index contributed by atoms with van der Waals surface area (Å²) in [7, 11) is 0. The van der Waals surface area contributed by atoms with Gasteiger partial charge in [0.1, 0.15) is 10.3 Å². The van der Waals surface area contributed by atoms with E-state index < -0.39 is 11.3 Å². The second-order valence-corrected chi connectivity index (χ2v) is 11.2. The molecule has 1 saturated heterocycles. The van der Waals surface area contributed by atoms with Crippen molar-refractivity contribution in [2.24, 2.45) is 0 Å². The normalized spacial score (nSPS) is 14.9. The predicted molar refractivity (Wildman–Crippen MR) is 140 cm³/mol. The highest BCUT2D eigenvalue weighted by Gasteiger charge is 2.30. The van der Waals surface area contributed by atoms with E-state index >= 15 is 0 Å². The summed E-state index contributed by atoms with van der Waals surface area (Å²) >= 11 is 1.36. The number of ether oxygens (including phenoxy) is 1. The first kappa shape index (κ1) is 24.9. The summed E-state index contributed by atoms with van der Waals surface area (Å²) in [6, 6.07) is 11.3. The molecule has 0 spiro atoms. The topological polar surface area (TPSA) is 112 Å². The highest BCUT2D eigenvalue weighted by atomic mass is 32.1. The van der Waals surface area contributed by atoms with Gasteiger partial charge in [-0.1, -0.05) is 35.5 Å². The molecule has 11 heteroatoms. The molecule has 4 heterocycles. The van der Waals surface area contributed by atoms with Gasteiger partial charge in [-0.05, 0) is 45.2 Å². The van der Waals surface area contributed by atoms with E-state index in [2.05, 4.69) is 10.1 Å². The van der Waals surface area contributed by atoms with Crippen molar-refractivity contribution in [3.63, 3.8) is 0 Å². The maximum atomic E-state index is 13.8. The summed E-state index contributed by atoms with van der Waals surface area (Å²) in [6.45, 7) is 8.03. The van der Waals surface area contributed by atoms with Gasteiger partial charge in [-0.15, -0.1) is 11.3 Å². The highest BCUT2D eigenvalue weighted by molar-refractivity contribution is 7.22. The Balaban J connectivity index is 1.55. The molecule has 0 N–H and O–H groups in total. The molecule has 0 aliphatic carbocycles. The number of aryl methyl sites for hydroxylation is 1. The molecule has 10 nitrogen and oxygen atoms in total. The average Bonchev–Trinajstić information content (AvgIpc) is 3.48. The number of benzene rings is 1. The van der Waals surface area contributed by atoms with Crippen LogP contribution in [0.3, 0.4) is 0 Å². The molecule has 4 aromatic rings. The summed E-state index contributed by atoms with van der Waals surface area (Å²) in [5.74, 6) is 0.760. The van der Waals surface area contributed by atoms with Crippen LogP contribution in [0.4, 0.5) is 4.79 Å². The third-order valence-corrected chi connectivity index (χ3v) is 7.42. The van der Waals surface area contributed by atoms with E-state index in [1.165, 1.54) is 15.9 Å². The van der Waals surface area contributed by atoms with Crippen LogP contribution in [0.15, 0.2) is 50.5 Å². The minimum Gasteiger partial charge on any atom is -0.444 e. The molecular weight excluding hydrogens is 494 g/mol. The lowest BCUT2D eigenvalue weighted by Crippen LogP contribution is -2.47. The van der Waals surface area contributed by atoms with Gasteiger partial charge in [0.25, 0.3) is 5.56 Å². The number of carbonyl (C=O) groups is 1. The predicted octanol–water partition coefficient (Wildman–Crippen LogP) is 4.20. The van der Waals surface area contributed by atoms with Crippen molar-refractivity contribution in [3.8, 4) is 10.4 Å². The van der Waals surface area contributed by atoms with Crippen molar-refractivity contribution < 1.29 is 14.1 Å². The number of hydrogen-bond acceptors (Lipinski definition) is 8. The summed E-state index contributed by atoms with van der Waals surface area (Å²) < 4.78 is 14.0. The average molecular weight is 524 g/mol. The maximum absolute atomic E-state index is 13.8. The van der Waals surface area contributed by atoms with Crippen molar-refractivity contribution in [3.05, 3.63) is 69.0 Å². The Kier molecular flexibility index (Phi) is 6.49. The minimum absolute atomic E-state index is 0.0780. The summed E-state index contributed by atoms with van der Waals surface area (Å²) in [5.41, 5.74) is 0.183. The molecule has 194 valence electrons. The Hall–Kier alpha value is -3.73. The second-order valence-electron chi connectivity index (χ2n) is 10.2. The largest absolute Gasteiger partial charge is 0.444 e. The smallest absolute Gasteiger partial charge is 0.410 e. The van der Waals surface area contributed by atoms with Gasteiger partial charge in [-0.25, -0.2) is 9.59 Å². The molecular formula is C26H29N5O5S. The van der Waals surface area contributed by atoms with E-state index in [0.717, 1.165) is 10.4 Å². The lowest BCUT2D eigenvalue weighted by atomic mass is 10.1. The van der Waals surface area contributed by atoms with Gasteiger partial charge >= 0.3 is 11.8 Å². The van der Waals surface area contributed by atoms with Gasteiger partial charge in [0.2, 0.25) is 5.89 Å². The number of thiophene rings is 1. The van der Waals surface area contributed by atoms with Crippen LogP contribution < -0.4 is 11.2 Å². The van der Waals surface area contributed by atoms with Crippen molar-refractivity contribution in [2.45, 2.75) is 58.7 Å². The van der Waals surface area contributed by atoms with Gasteiger partial charge in [0.05, 0.1) is 12.1 Å². The molecule has 1 amide bonds. The second kappa shape index (κ2) is 9.62. The van der Waals surface area contributed by atoms with Gasteiger partial charge in [0, 0.05) is 30.9 Å². The van der Waals surface area contributed by atoms with Crippen molar-refractivity contribution in [1.29, 1.82) is 0 Å². The number of aromatic nitrogens is 4. The first-order chi connectivity index (χ1) is 17.6. The van der Waals surface area contributed by atoms with Crippen LogP contribution in [0.5, 0.6) is 0 Å². The highest BCUT2D eigenvalue weighted by Crippen LogP contribution is 2.32. The van der Waals surface area contributed by atoms with Crippen molar-refractivity contribution >= 4 is 27.6 Å². The molecule has 0 bridgehead atoms. The third-order valence-electron chi connectivity index (χ3n) is 6.26. The van der Waals surface area contributed by atoms with Crippen LogP contribution in [0.2, 0.25) is 0 Å². The van der Waals surface area contributed by atoms with E-state index in [1.807, 2.05) is 57.2 Å². The number of piperidine rings is 1. The fraction of sp³-hybridized carbons (Fsp3) is 0.423. The van der Waals surface area contributed by atoms with E-state index in [0.29, 0.717) is 47.9 Å².